The highest BCUT2D eigenvalue weighted by Gasteiger charge is 2.38. The molecule has 1 rings (SSSR count). The minimum atomic E-state index is -3.77. The molecule has 0 fully saturated rings. The van der Waals surface area contributed by atoms with Crippen molar-refractivity contribution >= 4 is 34.8 Å². The van der Waals surface area contributed by atoms with E-state index in [1.807, 2.05) is 0 Å². The zero-order chi connectivity index (χ0) is 10.9. The number of aliphatic hydroxyl groups excluding tert-OH is 1. The van der Waals surface area contributed by atoms with E-state index in [0.29, 0.717) is 0 Å². The van der Waals surface area contributed by atoms with Crippen molar-refractivity contribution in [1.29, 1.82) is 0 Å². The molecule has 0 bridgehead atoms. The summed E-state index contributed by atoms with van der Waals surface area (Å²) in [5.41, 5.74) is -0.195. The number of hydrogen-bond acceptors (Lipinski definition) is 1. The van der Waals surface area contributed by atoms with Crippen LogP contribution in [0.1, 0.15) is 11.7 Å². The van der Waals surface area contributed by atoms with Crippen LogP contribution in [0.15, 0.2) is 18.2 Å². The lowest BCUT2D eigenvalue weighted by atomic mass is 10.1. The lowest BCUT2D eigenvalue weighted by Gasteiger charge is -2.17. The summed E-state index contributed by atoms with van der Waals surface area (Å²) in [6, 6.07) is 4.05. The second kappa shape index (κ2) is 4.19. The molecule has 1 N–H and O–H groups in total. The van der Waals surface area contributed by atoms with E-state index in [1.165, 1.54) is 18.2 Å². The Morgan fingerprint density at radius 2 is 1.86 bits per heavy atom. The molecule has 0 saturated carbocycles. The molecular weight excluding hydrogens is 256 g/mol. The molecule has 0 aromatic heterocycles. The van der Waals surface area contributed by atoms with Crippen LogP contribution in [0, 0.1) is 0 Å². The molecule has 1 atom stereocenters. The van der Waals surface area contributed by atoms with Gasteiger partial charge < -0.3 is 5.11 Å². The van der Waals surface area contributed by atoms with Gasteiger partial charge in [-0.15, -0.1) is 0 Å². The minimum Gasteiger partial charge on any atom is -0.381 e. The van der Waals surface area contributed by atoms with Crippen molar-refractivity contribution in [2.24, 2.45) is 0 Å². The third kappa shape index (κ3) is 2.48. The van der Waals surface area contributed by atoms with Gasteiger partial charge in [-0.1, -0.05) is 35.3 Å². The standard InChI is InChI=1S/C8H5Cl3F2O/c9-5-3-1-2-4(6(5)10)7(14)8(11,12)13/h1-3,7,14H. The molecule has 14 heavy (non-hydrogen) atoms. The highest BCUT2D eigenvalue weighted by Crippen LogP contribution is 2.39. The van der Waals surface area contributed by atoms with Gasteiger partial charge in [-0.25, -0.2) is 0 Å². The van der Waals surface area contributed by atoms with Crippen LogP contribution >= 0.6 is 34.8 Å². The lowest BCUT2D eigenvalue weighted by Crippen LogP contribution is -2.19. The van der Waals surface area contributed by atoms with E-state index in [-0.39, 0.29) is 15.6 Å². The third-order valence-electron chi connectivity index (χ3n) is 1.59. The molecule has 1 unspecified atom stereocenters. The van der Waals surface area contributed by atoms with Crippen LogP contribution in [0.4, 0.5) is 8.78 Å². The first-order valence-corrected chi connectivity index (χ1v) is 4.66. The molecule has 0 amide bonds. The molecule has 0 heterocycles. The van der Waals surface area contributed by atoms with Crippen LogP contribution < -0.4 is 0 Å². The molecular formula is C8H5Cl3F2O. The largest absolute Gasteiger partial charge is 0.381 e. The Morgan fingerprint density at radius 1 is 1.29 bits per heavy atom. The zero-order valence-electron chi connectivity index (χ0n) is 6.65. The molecule has 0 radical (unpaired) electrons. The van der Waals surface area contributed by atoms with Crippen molar-refractivity contribution in [3.05, 3.63) is 33.8 Å². The summed E-state index contributed by atoms with van der Waals surface area (Å²) in [7, 11) is 0. The summed E-state index contributed by atoms with van der Waals surface area (Å²) >= 11 is 15.8. The smallest absolute Gasteiger partial charge is 0.351 e. The molecule has 0 spiro atoms. The van der Waals surface area contributed by atoms with E-state index in [9.17, 15) is 8.78 Å². The molecule has 1 aromatic carbocycles. The van der Waals surface area contributed by atoms with Gasteiger partial charge in [0, 0.05) is 5.56 Å². The molecule has 0 aliphatic carbocycles. The van der Waals surface area contributed by atoms with Crippen LogP contribution in [0.2, 0.25) is 10.0 Å². The van der Waals surface area contributed by atoms with Crippen molar-refractivity contribution in [1.82, 2.24) is 0 Å². The fourth-order valence-electron chi connectivity index (χ4n) is 0.908. The summed E-state index contributed by atoms with van der Waals surface area (Å²) in [5, 5.41) is 5.33. The summed E-state index contributed by atoms with van der Waals surface area (Å²) < 4.78 is 25.1. The number of hydrogen-bond donors (Lipinski definition) is 1. The van der Waals surface area contributed by atoms with Crippen LogP contribution in [0.3, 0.4) is 0 Å². The van der Waals surface area contributed by atoms with Gasteiger partial charge in [-0.05, 0) is 17.7 Å². The first kappa shape index (κ1) is 12.0. The van der Waals surface area contributed by atoms with Crippen molar-refractivity contribution in [3.63, 3.8) is 0 Å². The van der Waals surface area contributed by atoms with Gasteiger partial charge in [0.15, 0.2) is 6.10 Å². The summed E-state index contributed by atoms with van der Waals surface area (Å²) in [5.74, 6) is 0. The quantitative estimate of drug-likeness (QED) is 0.802. The van der Waals surface area contributed by atoms with Crippen molar-refractivity contribution < 1.29 is 13.9 Å². The molecule has 0 aliphatic heterocycles. The van der Waals surface area contributed by atoms with E-state index in [4.69, 9.17) is 28.3 Å². The summed E-state index contributed by atoms with van der Waals surface area (Å²) in [6.45, 7) is 0. The molecule has 0 aliphatic rings. The zero-order valence-corrected chi connectivity index (χ0v) is 8.91. The average Bonchev–Trinajstić information content (AvgIpc) is 2.07. The SMILES string of the molecule is OC(c1cccc(Cl)c1Cl)C(F)(F)Cl. The number of alkyl halides is 3. The van der Waals surface area contributed by atoms with Crippen molar-refractivity contribution in [2.45, 2.75) is 11.5 Å². The number of halogens is 5. The van der Waals surface area contributed by atoms with Crippen LogP contribution in [0.5, 0.6) is 0 Å². The minimum absolute atomic E-state index is 0.0872. The van der Waals surface area contributed by atoms with Crippen molar-refractivity contribution in [3.8, 4) is 0 Å². The average molecular weight is 261 g/mol. The van der Waals surface area contributed by atoms with E-state index in [1.54, 1.807) is 0 Å². The number of rotatable bonds is 2. The summed E-state index contributed by atoms with van der Waals surface area (Å²) in [6.07, 6.45) is -2.17. The van der Waals surface area contributed by atoms with Gasteiger partial charge in [-0.3, -0.25) is 0 Å². The van der Waals surface area contributed by atoms with Gasteiger partial charge in [0.2, 0.25) is 0 Å². The Hall–Kier alpha value is -0.0900. The Kier molecular flexibility index (Phi) is 3.58. The number of benzene rings is 1. The molecule has 6 heteroatoms. The Labute approximate surface area is 94.2 Å². The third-order valence-corrected chi connectivity index (χ3v) is 2.63. The van der Waals surface area contributed by atoms with Gasteiger partial charge in [0.1, 0.15) is 0 Å². The predicted molar refractivity (Wildman–Crippen MR) is 52.2 cm³/mol. The molecule has 1 aromatic rings. The van der Waals surface area contributed by atoms with Crippen molar-refractivity contribution in [2.75, 3.05) is 0 Å². The highest BCUT2D eigenvalue weighted by atomic mass is 35.5. The first-order chi connectivity index (χ1) is 6.34. The van der Waals surface area contributed by atoms with Crippen LogP contribution in [-0.4, -0.2) is 10.5 Å². The maximum absolute atomic E-state index is 12.5. The second-order valence-corrected chi connectivity index (χ2v) is 3.88. The highest BCUT2D eigenvalue weighted by molar-refractivity contribution is 6.42. The van der Waals surface area contributed by atoms with Crippen LogP contribution in [0.25, 0.3) is 0 Å². The molecule has 1 nitrogen and oxygen atoms in total. The maximum atomic E-state index is 12.5. The second-order valence-electron chi connectivity index (χ2n) is 2.59. The van der Waals surface area contributed by atoms with Crippen LogP contribution in [-0.2, 0) is 0 Å². The molecule has 0 saturated heterocycles. The van der Waals surface area contributed by atoms with Gasteiger partial charge >= 0.3 is 5.38 Å². The number of aliphatic hydroxyl groups is 1. The van der Waals surface area contributed by atoms with Gasteiger partial charge in [0.25, 0.3) is 0 Å². The van der Waals surface area contributed by atoms with E-state index in [2.05, 4.69) is 11.6 Å². The van der Waals surface area contributed by atoms with E-state index >= 15 is 0 Å². The fraction of sp³-hybridized carbons (Fsp3) is 0.250. The normalized spacial score (nSPS) is 14.1. The maximum Gasteiger partial charge on any atom is 0.351 e. The van der Waals surface area contributed by atoms with E-state index in [0.717, 1.165) is 0 Å². The Balaban J connectivity index is 3.14. The van der Waals surface area contributed by atoms with Gasteiger partial charge in [-0.2, -0.15) is 8.78 Å². The molecule has 78 valence electrons. The van der Waals surface area contributed by atoms with Gasteiger partial charge in [0.05, 0.1) is 10.0 Å². The first-order valence-electron chi connectivity index (χ1n) is 3.52. The Bertz CT molecular complexity index is 338. The summed E-state index contributed by atoms with van der Waals surface area (Å²) in [4.78, 5) is 0. The topological polar surface area (TPSA) is 20.2 Å². The van der Waals surface area contributed by atoms with E-state index < -0.39 is 11.5 Å². The predicted octanol–water partition coefficient (Wildman–Crippen LogP) is 3.86. The Morgan fingerprint density at radius 3 is 2.36 bits per heavy atom. The lowest BCUT2D eigenvalue weighted by molar-refractivity contribution is -0.0424. The monoisotopic (exact) mass is 260 g/mol. The fourth-order valence-corrected chi connectivity index (χ4v) is 1.44.